The quantitative estimate of drug-likeness (QED) is 0.894. The molecular weight excluding hydrogens is 238 g/mol. The van der Waals surface area contributed by atoms with Gasteiger partial charge in [0.05, 0.1) is 6.54 Å². The number of H-pyrrole nitrogens is 1. The van der Waals surface area contributed by atoms with E-state index in [0.29, 0.717) is 16.8 Å². The van der Waals surface area contributed by atoms with E-state index >= 15 is 0 Å². The minimum Gasteiger partial charge on any atom is -0.414 e. The highest BCUT2D eigenvalue weighted by molar-refractivity contribution is 7.15. The van der Waals surface area contributed by atoms with Crippen molar-refractivity contribution in [2.45, 2.75) is 6.54 Å². The Morgan fingerprint density at radius 3 is 3.07 bits per heavy atom. The zero-order valence-corrected chi connectivity index (χ0v) is 9.43. The number of nitrogens with zero attached hydrogens (tertiary/aromatic N) is 2. The second-order valence-corrected chi connectivity index (χ2v) is 4.67. The van der Waals surface area contributed by atoms with Crippen molar-refractivity contribution in [1.82, 2.24) is 9.97 Å². The molecule has 0 spiro atoms. The van der Waals surface area contributed by atoms with E-state index in [-0.39, 0.29) is 0 Å². The maximum Gasteiger partial charge on any atom is 0.417 e. The van der Waals surface area contributed by atoms with Gasteiger partial charge in [-0.1, -0.05) is 11.6 Å². The summed E-state index contributed by atoms with van der Waals surface area (Å²) >= 11 is 7.11. The van der Waals surface area contributed by atoms with Crippen LogP contribution in [0.3, 0.4) is 0 Å². The summed E-state index contributed by atoms with van der Waals surface area (Å²) in [6.45, 7) is 0.625. The molecule has 0 unspecified atom stereocenters. The first-order valence-corrected chi connectivity index (χ1v) is 5.34. The van der Waals surface area contributed by atoms with Gasteiger partial charge >= 0.3 is 5.76 Å². The molecule has 0 bridgehead atoms. The Hall–Kier alpha value is -1.27. The third kappa shape index (κ3) is 2.40. The fraction of sp³-hybridized carbons (Fsp3) is 0.250. The van der Waals surface area contributed by atoms with Crippen LogP contribution in [0.4, 0.5) is 5.82 Å². The van der Waals surface area contributed by atoms with Crippen molar-refractivity contribution in [1.29, 1.82) is 0 Å². The van der Waals surface area contributed by atoms with Crippen LogP contribution >= 0.6 is 22.9 Å². The number of rotatable bonds is 3. The Balaban J connectivity index is 2.10. The van der Waals surface area contributed by atoms with E-state index in [1.807, 2.05) is 11.9 Å². The van der Waals surface area contributed by atoms with Crippen LogP contribution in [0.15, 0.2) is 21.7 Å². The van der Waals surface area contributed by atoms with Gasteiger partial charge in [0.25, 0.3) is 0 Å². The van der Waals surface area contributed by atoms with Crippen molar-refractivity contribution < 1.29 is 4.42 Å². The lowest BCUT2D eigenvalue weighted by Crippen LogP contribution is -2.16. The van der Waals surface area contributed by atoms with Crippen LogP contribution in [0.1, 0.15) is 4.88 Å². The van der Waals surface area contributed by atoms with Gasteiger partial charge in [0.2, 0.25) is 0 Å². The lowest BCUT2D eigenvalue weighted by atomic mass is 10.5. The maximum atomic E-state index is 10.8. The summed E-state index contributed by atoms with van der Waals surface area (Å²) in [5, 5.41) is 0. The summed E-state index contributed by atoms with van der Waals surface area (Å²) in [4.78, 5) is 20.1. The van der Waals surface area contributed by atoms with E-state index in [4.69, 9.17) is 11.6 Å². The van der Waals surface area contributed by atoms with Crippen LogP contribution < -0.4 is 10.7 Å². The SMILES string of the molecule is CN(Cc1cnc(Cl)s1)c1coc(=O)[nH]1. The first kappa shape index (κ1) is 10.3. The molecule has 80 valence electrons. The predicted octanol–water partition coefficient (Wildman–Crippen LogP) is 1.71. The highest BCUT2D eigenvalue weighted by Crippen LogP contribution is 2.20. The molecule has 0 atom stereocenters. The summed E-state index contributed by atoms with van der Waals surface area (Å²) in [5.74, 6) is 0.170. The lowest BCUT2D eigenvalue weighted by Gasteiger charge is -2.13. The molecule has 15 heavy (non-hydrogen) atoms. The Morgan fingerprint density at radius 2 is 2.53 bits per heavy atom. The van der Waals surface area contributed by atoms with Gasteiger partial charge in [-0.3, -0.25) is 4.98 Å². The molecule has 0 aromatic carbocycles. The zero-order chi connectivity index (χ0) is 10.8. The minimum absolute atomic E-state index is 0.459. The third-order valence-electron chi connectivity index (χ3n) is 1.84. The smallest absolute Gasteiger partial charge is 0.414 e. The predicted molar refractivity (Wildman–Crippen MR) is 58.6 cm³/mol. The van der Waals surface area contributed by atoms with Gasteiger partial charge < -0.3 is 9.32 Å². The number of nitrogens with one attached hydrogen (secondary N) is 1. The van der Waals surface area contributed by atoms with Crippen molar-refractivity contribution in [3.05, 3.63) is 32.4 Å². The standard InChI is InChI=1S/C8H8ClN3O2S/c1-12(6-4-14-8(13)11-6)3-5-2-10-7(9)15-5/h2,4H,3H2,1H3,(H,11,13). The Bertz CT molecular complexity index is 504. The molecule has 1 N–H and O–H groups in total. The number of hydrogen-bond donors (Lipinski definition) is 1. The normalized spacial score (nSPS) is 10.5. The van der Waals surface area contributed by atoms with Gasteiger partial charge in [0.15, 0.2) is 4.47 Å². The summed E-state index contributed by atoms with van der Waals surface area (Å²) in [5.41, 5.74) is 0. The second-order valence-electron chi connectivity index (χ2n) is 2.97. The molecular formula is C8H8ClN3O2S. The van der Waals surface area contributed by atoms with Crippen molar-refractivity contribution in [3.63, 3.8) is 0 Å². The molecule has 0 radical (unpaired) electrons. The number of oxazole rings is 1. The number of aromatic amines is 1. The largest absolute Gasteiger partial charge is 0.417 e. The molecule has 0 aliphatic heterocycles. The van der Waals surface area contributed by atoms with Gasteiger partial charge in [-0.25, -0.2) is 9.78 Å². The zero-order valence-electron chi connectivity index (χ0n) is 7.86. The van der Waals surface area contributed by atoms with E-state index in [1.165, 1.54) is 17.6 Å². The van der Waals surface area contributed by atoms with Crippen molar-refractivity contribution in [3.8, 4) is 0 Å². The molecule has 2 aromatic rings. The van der Waals surface area contributed by atoms with E-state index in [9.17, 15) is 4.79 Å². The summed E-state index contributed by atoms with van der Waals surface area (Å²) in [6.07, 6.45) is 3.09. The fourth-order valence-corrected chi connectivity index (χ4v) is 2.17. The molecule has 2 aromatic heterocycles. The number of thiazole rings is 1. The van der Waals surface area contributed by atoms with Crippen LogP contribution in [-0.4, -0.2) is 17.0 Å². The molecule has 0 aliphatic rings. The molecule has 0 saturated carbocycles. The average molecular weight is 246 g/mol. The Labute approximate surface area is 94.3 Å². The van der Waals surface area contributed by atoms with Crippen molar-refractivity contribution in [2.24, 2.45) is 0 Å². The lowest BCUT2D eigenvalue weighted by molar-refractivity contribution is 0.515. The van der Waals surface area contributed by atoms with Crippen LogP contribution in [0.2, 0.25) is 4.47 Å². The van der Waals surface area contributed by atoms with Crippen molar-refractivity contribution >= 4 is 28.8 Å². The Morgan fingerprint density at radius 1 is 1.73 bits per heavy atom. The highest BCUT2D eigenvalue weighted by atomic mass is 35.5. The van der Waals surface area contributed by atoms with E-state index in [2.05, 4.69) is 14.4 Å². The molecule has 0 aliphatic carbocycles. The third-order valence-corrected chi connectivity index (χ3v) is 2.94. The van der Waals surface area contributed by atoms with E-state index in [0.717, 1.165) is 4.88 Å². The number of anilines is 1. The summed E-state index contributed by atoms with van der Waals surface area (Å²) in [6, 6.07) is 0. The molecule has 0 saturated heterocycles. The molecule has 2 rings (SSSR count). The number of halogens is 1. The Kier molecular flexibility index (Phi) is 2.79. The number of aromatic nitrogens is 2. The van der Waals surface area contributed by atoms with Crippen LogP contribution in [0.5, 0.6) is 0 Å². The topological polar surface area (TPSA) is 62.1 Å². The summed E-state index contributed by atoms with van der Waals surface area (Å²) in [7, 11) is 1.84. The van der Waals surface area contributed by atoms with Crippen molar-refractivity contribution in [2.75, 3.05) is 11.9 Å². The first-order valence-electron chi connectivity index (χ1n) is 4.14. The van der Waals surface area contributed by atoms with Crippen LogP contribution in [0.25, 0.3) is 0 Å². The highest BCUT2D eigenvalue weighted by Gasteiger charge is 2.07. The summed E-state index contributed by atoms with van der Waals surface area (Å²) < 4.78 is 5.15. The molecule has 0 amide bonds. The van der Waals surface area contributed by atoms with Gasteiger partial charge in [0.1, 0.15) is 12.1 Å². The first-order chi connectivity index (χ1) is 7.15. The van der Waals surface area contributed by atoms with Crippen LogP contribution in [0, 0.1) is 0 Å². The van der Waals surface area contributed by atoms with Crippen LogP contribution in [-0.2, 0) is 6.54 Å². The second kappa shape index (κ2) is 4.08. The van der Waals surface area contributed by atoms with E-state index in [1.54, 1.807) is 6.20 Å². The van der Waals surface area contributed by atoms with Gasteiger partial charge in [-0.15, -0.1) is 11.3 Å². The molecule has 2 heterocycles. The number of hydrogen-bond acceptors (Lipinski definition) is 5. The molecule has 0 fully saturated rings. The monoisotopic (exact) mass is 245 g/mol. The molecule has 5 nitrogen and oxygen atoms in total. The van der Waals surface area contributed by atoms with Gasteiger partial charge in [0, 0.05) is 18.1 Å². The maximum absolute atomic E-state index is 10.8. The average Bonchev–Trinajstić information content (AvgIpc) is 2.75. The van der Waals surface area contributed by atoms with E-state index < -0.39 is 5.76 Å². The van der Waals surface area contributed by atoms with Gasteiger partial charge in [-0.2, -0.15) is 0 Å². The van der Waals surface area contributed by atoms with Gasteiger partial charge in [-0.05, 0) is 0 Å². The minimum atomic E-state index is -0.459. The fourth-order valence-electron chi connectivity index (χ4n) is 1.13. The molecule has 7 heteroatoms.